The van der Waals surface area contributed by atoms with E-state index in [0.717, 1.165) is 42.7 Å². The second-order valence-corrected chi connectivity index (χ2v) is 6.56. The number of hydrogen-bond donors (Lipinski definition) is 1. The first-order chi connectivity index (χ1) is 12.8. The first-order valence-corrected chi connectivity index (χ1v) is 8.94. The molecule has 3 aromatic rings. The lowest BCUT2D eigenvalue weighted by molar-refractivity contribution is 0.244. The third kappa shape index (κ3) is 3.86. The first-order valence-electron chi connectivity index (χ1n) is 8.94. The molecule has 0 bridgehead atoms. The molecule has 1 aliphatic rings. The summed E-state index contributed by atoms with van der Waals surface area (Å²) in [7, 11) is 0. The Kier molecular flexibility index (Phi) is 4.84. The number of aryl methyl sites for hydroxylation is 1. The Morgan fingerprint density at radius 2 is 2.08 bits per heavy atom. The molecule has 4 rings (SSSR count). The van der Waals surface area contributed by atoms with Gasteiger partial charge in [-0.05, 0) is 50.1 Å². The predicted molar refractivity (Wildman–Crippen MR) is 101 cm³/mol. The van der Waals surface area contributed by atoms with Gasteiger partial charge in [-0.1, -0.05) is 12.1 Å². The fourth-order valence-corrected chi connectivity index (χ4v) is 3.47. The molecule has 26 heavy (non-hydrogen) atoms. The quantitative estimate of drug-likeness (QED) is 0.760. The highest BCUT2D eigenvalue weighted by Gasteiger charge is 2.27. The van der Waals surface area contributed by atoms with Crippen LogP contribution in [0.1, 0.15) is 36.0 Å². The second kappa shape index (κ2) is 7.58. The van der Waals surface area contributed by atoms with Crippen LogP contribution in [0, 0.1) is 6.92 Å². The monoisotopic (exact) mass is 346 g/mol. The number of nitrogens with zero attached hydrogens (tertiary/aromatic N) is 5. The predicted octanol–water partition coefficient (Wildman–Crippen LogP) is 3.66. The molecule has 1 fully saturated rings. The van der Waals surface area contributed by atoms with Crippen LogP contribution in [0.3, 0.4) is 0 Å². The molecule has 0 aromatic carbocycles. The van der Waals surface area contributed by atoms with E-state index in [-0.39, 0.29) is 0 Å². The normalized spacial score (nSPS) is 17.3. The Morgan fingerprint density at radius 3 is 2.88 bits per heavy atom. The minimum atomic E-state index is 0.307. The molecular formula is C20H22N6. The van der Waals surface area contributed by atoms with E-state index < -0.39 is 0 Å². The van der Waals surface area contributed by atoms with Gasteiger partial charge in [0.05, 0.1) is 11.7 Å². The molecule has 1 N–H and O–H groups in total. The van der Waals surface area contributed by atoms with Crippen molar-refractivity contribution in [2.24, 2.45) is 0 Å². The number of pyridine rings is 2. The van der Waals surface area contributed by atoms with E-state index in [4.69, 9.17) is 4.98 Å². The molecule has 4 heterocycles. The average Bonchev–Trinajstić information content (AvgIpc) is 3.11. The van der Waals surface area contributed by atoms with Crippen LogP contribution in [0.4, 0.5) is 11.6 Å². The summed E-state index contributed by atoms with van der Waals surface area (Å²) in [6.07, 6.45) is 7.81. The first kappa shape index (κ1) is 16.6. The van der Waals surface area contributed by atoms with Gasteiger partial charge in [-0.15, -0.1) is 0 Å². The van der Waals surface area contributed by atoms with Crippen LogP contribution < -0.4 is 5.32 Å². The van der Waals surface area contributed by atoms with Crippen molar-refractivity contribution >= 4 is 11.6 Å². The Bertz CT molecular complexity index is 853. The molecule has 1 saturated heterocycles. The maximum atomic E-state index is 4.72. The standard InChI is InChI=1S/C20H22N6/c1-15-23-17(12-20(24-15)25-19-8-2-3-10-22-19)18-7-5-11-26(18)14-16-6-4-9-21-13-16/h2-4,6,8-10,12-13,18H,5,7,11,14H2,1H3,(H,22,23,24,25). The van der Waals surface area contributed by atoms with E-state index >= 15 is 0 Å². The van der Waals surface area contributed by atoms with Gasteiger partial charge in [-0.3, -0.25) is 9.88 Å². The van der Waals surface area contributed by atoms with E-state index in [9.17, 15) is 0 Å². The van der Waals surface area contributed by atoms with Gasteiger partial charge in [0.25, 0.3) is 0 Å². The van der Waals surface area contributed by atoms with Crippen molar-refractivity contribution in [3.63, 3.8) is 0 Å². The number of hydrogen-bond acceptors (Lipinski definition) is 6. The van der Waals surface area contributed by atoms with Gasteiger partial charge in [-0.2, -0.15) is 0 Å². The van der Waals surface area contributed by atoms with Crippen molar-refractivity contribution in [3.8, 4) is 0 Å². The molecular weight excluding hydrogens is 324 g/mol. The molecule has 3 aromatic heterocycles. The zero-order valence-corrected chi connectivity index (χ0v) is 14.8. The number of rotatable bonds is 5. The zero-order chi connectivity index (χ0) is 17.8. The highest BCUT2D eigenvalue weighted by molar-refractivity contribution is 5.51. The summed E-state index contributed by atoms with van der Waals surface area (Å²) in [6, 6.07) is 12.3. The van der Waals surface area contributed by atoms with E-state index in [1.807, 2.05) is 49.6 Å². The summed E-state index contributed by atoms with van der Waals surface area (Å²) in [6.45, 7) is 3.91. The van der Waals surface area contributed by atoms with Gasteiger partial charge in [0.15, 0.2) is 0 Å². The lowest BCUT2D eigenvalue weighted by atomic mass is 10.1. The summed E-state index contributed by atoms with van der Waals surface area (Å²) in [5.41, 5.74) is 2.30. The van der Waals surface area contributed by atoms with Crippen LogP contribution in [0.25, 0.3) is 0 Å². The fourth-order valence-electron chi connectivity index (χ4n) is 3.47. The van der Waals surface area contributed by atoms with Crippen LogP contribution in [-0.2, 0) is 6.54 Å². The minimum Gasteiger partial charge on any atom is -0.325 e. The largest absolute Gasteiger partial charge is 0.325 e. The Hall–Kier alpha value is -2.86. The second-order valence-electron chi connectivity index (χ2n) is 6.56. The Labute approximate surface area is 153 Å². The average molecular weight is 346 g/mol. The van der Waals surface area contributed by atoms with Crippen molar-refractivity contribution in [3.05, 3.63) is 72.1 Å². The number of aromatic nitrogens is 4. The van der Waals surface area contributed by atoms with E-state index in [1.54, 1.807) is 6.20 Å². The van der Waals surface area contributed by atoms with E-state index in [2.05, 4.69) is 31.2 Å². The van der Waals surface area contributed by atoms with Crippen LogP contribution in [-0.4, -0.2) is 31.4 Å². The van der Waals surface area contributed by atoms with Crippen LogP contribution >= 0.6 is 0 Å². The van der Waals surface area contributed by atoms with Crippen molar-refractivity contribution < 1.29 is 0 Å². The number of anilines is 2. The summed E-state index contributed by atoms with van der Waals surface area (Å²) >= 11 is 0. The van der Waals surface area contributed by atoms with Gasteiger partial charge in [0.2, 0.25) is 0 Å². The lowest BCUT2D eigenvalue weighted by Crippen LogP contribution is -2.24. The molecule has 0 saturated carbocycles. The number of nitrogens with one attached hydrogen (secondary N) is 1. The molecule has 0 spiro atoms. The third-order valence-corrected chi connectivity index (χ3v) is 4.59. The third-order valence-electron chi connectivity index (χ3n) is 4.59. The zero-order valence-electron chi connectivity index (χ0n) is 14.8. The van der Waals surface area contributed by atoms with Crippen molar-refractivity contribution in [2.45, 2.75) is 32.4 Å². The Balaban J connectivity index is 1.56. The summed E-state index contributed by atoms with van der Waals surface area (Å²) in [4.78, 5) is 20.3. The molecule has 1 aliphatic heterocycles. The molecule has 0 aliphatic carbocycles. The number of likely N-dealkylation sites (tertiary alicyclic amines) is 1. The fraction of sp³-hybridized carbons (Fsp3) is 0.300. The molecule has 6 nitrogen and oxygen atoms in total. The van der Waals surface area contributed by atoms with Crippen LogP contribution in [0.2, 0.25) is 0 Å². The van der Waals surface area contributed by atoms with Crippen LogP contribution in [0.5, 0.6) is 0 Å². The maximum Gasteiger partial charge on any atom is 0.135 e. The molecule has 0 radical (unpaired) electrons. The van der Waals surface area contributed by atoms with Gasteiger partial charge >= 0.3 is 0 Å². The Morgan fingerprint density at radius 1 is 1.12 bits per heavy atom. The van der Waals surface area contributed by atoms with Crippen molar-refractivity contribution in [1.82, 2.24) is 24.8 Å². The van der Waals surface area contributed by atoms with Gasteiger partial charge in [-0.25, -0.2) is 15.0 Å². The van der Waals surface area contributed by atoms with Crippen molar-refractivity contribution in [2.75, 3.05) is 11.9 Å². The maximum absolute atomic E-state index is 4.72. The summed E-state index contributed by atoms with van der Waals surface area (Å²) in [5, 5.41) is 3.28. The smallest absolute Gasteiger partial charge is 0.135 e. The van der Waals surface area contributed by atoms with Gasteiger partial charge in [0.1, 0.15) is 17.5 Å². The van der Waals surface area contributed by atoms with Crippen molar-refractivity contribution in [1.29, 1.82) is 0 Å². The molecule has 0 amide bonds. The van der Waals surface area contributed by atoms with E-state index in [0.29, 0.717) is 6.04 Å². The highest BCUT2D eigenvalue weighted by atomic mass is 15.2. The molecule has 1 unspecified atom stereocenters. The SMILES string of the molecule is Cc1nc(Nc2ccccn2)cc(C2CCCN2Cc2cccnc2)n1. The van der Waals surface area contributed by atoms with Crippen LogP contribution in [0.15, 0.2) is 55.0 Å². The highest BCUT2D eigenvalue weighted by Crippen LogP contribution is 2.33. The lowest BCUT2D eigenvalue weighted by Gasteiger charge is -2.24. The molecule has 1 atom stereocenters. The molecule has 6 heteroatoms. The van der Waals surface area contributed by atoms with Gasteiger partial charge < -0.3 is 5.32 Å². The summed E-state index contributed by atoms with van der Waals surface area (Å²) < 4.78 is 0. The van der Waals surface area contributed by atoms with E-state index in [1.165, 1.54) is 12.0 Å². The topological polar surface area (TPSA) is 66.8 Å². The summed E-state index contributed by atoms with van der Waals surface area (Å²) in [5.74, 6) is 2.35. The minimum absolute atomic E-state index is 0.307. The molecule has 132 valence electrons. The van der Waals surface area contributed by atoms with Gasteiger partial charge in [0, 0.05) is 31.2 Å².